The standard InChI is InChI=1S/2C11H18N.C3H4O2.ClH/c2*1-4-12(2,3)10-11-8-6-5-7-9-11;1-2-3(4)5;/h2*5-9H,4,10H2,1-3H3;2H,1H2,(H,4,5);1H/q2*+1;;/p-2. The maximum absolute atomic E-state index is 9.14. The number of carboxylic acids is 1. The Morgan fingerprint density at radius 1 is 0.800 bits per heavy atom. The van der Waals surface area contributed by atoms with E-state index in [-0.39, 0.29) is 12.4 Å². The van der Waals surface area contributed by atoms with Crippen LogP contribution in [0.1, 0.15) is 25.0 Å². The molecule has 0 saturated heterocycles. The molecule has 2 aromatic rings. The molecule has 30 heavy (non-hydrogen) atoms. The number of hydrogen-bond acceptors (Lipinski definition) is 2. The van der Waals surface area contributed by atoms with Crippen LogP contribution in [0.15, 0.2) is 73.3 Å². The van der Waals surface area contributed by atoms with Gasteiger partial charge in [0.2, 0.25) is 0 Å². The molecular formula is C25H39ClN2O2. The second kappa shape index (κ2) is 15.7. The molecule has 0 heterocycles. The summed E-state index contributed by atoms with van der Waals surface area (Å²) in [5, 5.41) is 9.14. The molecule has 0 aromatic heterocycles. The van der Waals surface area contributed by atoms with Gasteiger partial charge in [-0.2, -0.15) is 0 Å². The molecule has 0 spiro atoms. The number of rotatable bonds is 7. The zero-order chi connectivity index (χ0) is 22.3. The van der Waals surface area contributed by atoms with Crippen LogP contribution in [0, 0.1) is 0 Å². The molecular weight excluding hydrogens is 396 g/mol. The lowest BCUT2D eigenvalue weighted by Crippen LogP contribution is -3.00. The summed E-state index contributed by atoms with van der Waals surface area (Å²) in [5.74, 6) is -1.23. The fourth-order valence-corrected chi connectivity index (χ4v) is 2.38. The topological polar surface area (TPSA) is 40.1 Å². The lowest BCUT2D eigenvalue weighted by Gasteiger charge is -2.28. The van der Waals surface area contributed by atoms with E-state index in [0.29, 0.717) is 0 Å². The van der Waals surface area contributed by atoms with E-state index >= 15 is 0 Å². The van der Waals surface area contributed by atoms with E-state index in [1.165, 1.54) is 24.2 Å². The van der Waals surface area contributed by atoms with Gasteiger partial charge in [-0.05, 0) is 19.9 Å². The van der Waals surface area contributed by atoms with Crippen molar-refractivity contribution in [3.8, 4) is 0 Å². The van der Waals surface area contributed by atoms with Gasteiger partial charge in [0.1, 0.15) is 13.1 Å². The number of carbonyl (C=O) groups is 1. The molecule has 0 aliphatic heterocycles. The van der Waals surface area contributed by atoms with Gasteiger partial charge in [0.25, 0.3) is 0 Å². The first-order chi connectivity index (χ1) is 13.5. The van der Waals surface area contributed by atoms with Gasteiger partial charge < -0.3 is 31.3 Å². The van der Waals surface area contributed by atoms with Crippen molar-refractivity contribution in [1.82, 2.24) is 0 Å². The molecule has 0 atom stereocenters. The third-order valence-electron chi connectivity index (χ3n) is 4.79. The summed E-state index contributed by atoms with van der Waals surface area (Å²) in [4.78, 5) is 9.14. The smallest absolute Gasteiger partial charge is 0.104 e. The van der Waals surface area contributed by atoms with Crippen LogP contribution in [-0.2, 0) is 17.9 Å². The van der Waals surface area contributed by atoms with Crippen LogP contribution in [0.25, 0.3) is 0 Å². The average molecular weight is 435 g/mol. The number of hydrogen-bond donors (Lipinski definition) is 0. The Morgan fingerprint density at radius 3 is 1.27 bits per heavy atom. The predicted molar refractivity (Wildman–Crippen MR) is 121 cm³/mol. The number of carboxylic acid groups (broad SMARTS) is 1. The molecule has 0 radical (unpaired) electrons. The van der Waals surface area contributed by atoms with E-state index in [2.05, 4.69) is 109 Å². The van der Waals surface area contributed by atoms with Crippen LogP contribution in [0.5, 0.6) is 0 Å². The minimum atomic E-state index is -1.23. The Balaban J connectivity index is 0. The van der Waals surface area contributed by atoms with Gasteiger partial charge in [-0.1, -0.05) is 67.2 Å². The molecule has 0 unspecified atom stereocenters. The van der Waals surface area contributed by atoms with Crippen molar-refractivity contribution in [1.29, 1.82) is 0 Å². The summed E-state index contributed by atoms with van der Waals surface area (Å²) < 4.78 is 2.12. The van der Waals surface area contributed by atoms with E-state index < -0.39 is 5.97 Å². The molecule has 2 rings (SSSR count). The third-order valence-corrected chi connectivity index (χ3v) is 4.79. The van der Waals surface area contributed by atoms with E-state index in [1.54, 1.807) is 0 Å². The first-order valence-corrected chi connectivity index (χ1v) is 10.1. The summed E-state index contributed by atoms with van der Waals surface area (Å²) >= 11 is 0. The van der Waals surface area contributed by atoms with Crippen LogP contribution < -0.4 is 17.5 Å². The van der Waals surface area contributed by atoms with Gasteiger partial charge in [-0.15, -0.1) is 0 Å². The normalized spacial score (nSPS) is 10.3. The van der Waals surface area contributed by atoms with Gasteiger partial charge in [-0.25, -0.2) is 0 Å². The van der Waals surface area contributed by atoms with E-state index in [1.807, 2.05) is 0 Å². The molecule has 4 nitrogen and oxygen atoms in total. The second-order valence-corrected chi connectivity index (χ2v) is 8.31. The number of quaternary nitrogens is 2. The van der Waals surface area contributed by atoms with Gasteiger partial charge in [0.05, 0.1) is 47.2 Å². The van der Waals surface area contributed by atoms with Crippen molar-refractivity contribution in [2.45, 2.75) is 26.9 Å². The van der Waals surface area contributed by atoms with Crippen LogP contribution in [0.3, 0.4) is 0 Å². The molecule has 0 bridgehead atoms. The fourth-order valence-electron chi connectivity index (χ4n) is 2.38. The first kappa shape index (κ1) is 30.1. The first-order valence-electron chi connectivity index (χ1n) is 10.1. The quantitative estimate of drug-likeness (QED) is 0.470. The maximum Gasteiger partial charge on any atom is 0.104 e. The monoisotopic (exact) mass is 434 g/mol. The molecule has 0 aliphatic rings. The van der Waals surface area contributed by atoms with Gasteiger partial charge in [-0.3, -0.25) is 0 Å². The Kier molecular flexibility index (Phi) is 15.7. The summed E-state index contributed by atoms with van der Waals surface area (Å²) in [7, 11) is 9.03. The molecule has 0 N–H and O–H groups in total. The van der Waals surface area contributed by atoms with Crippen molar-refractivity contribution < 1.29 is 31.3 Å². The van der Waals surface area contributed by atoms with Crippen molar-refractivity contribution in [3.05, 3.63) is 84.4 Å². The SMILES string of the molecule is C=CC(=O)[O-].CC[N+](C)(C)Cc1ccccc1.CC[N+](C)(C)Cc1ccccc1.[Cl-]. The molecule has 5 heteroatoms. The zero-order valence-electron chi connectivity index (χ0n) is 19.5. The molecule has 2 aromatic carbocycles. The third kappa shape index (κ3) is 15.7. The van der Waals surface area contributed by atoms with Crippen molar-refractivity contribution in [3.63, 3.8) is 0 Å². The van der Waals surface area contributed by atoms with Crippen LogP contribution in [-0.4, -0.2) is 56.2 Å². The molecule has 0 fully saturated rings. The molecule has 0 saturated carbocycles. The van der Waals surface area contributed by atoms with Gasteiger partial charge in [0, 0.05) is 11.1 Å². The van der Waals surface area contributed by atoms with Crippen molar-refractivity contribution in [2.75, 3.05) is 41.3 Å². The Morgan fingerprint density at radius 2 is 1.07 bits per heavy atom. The lowest BCUT2D eigenvalue weighted by molar-refractivity contribution is -0.901. The van der Waals surface area contributed by atoms with Gasteiger partial charge >= 0.3 is 0 Å². The van der Waals surface area contributed by atoms with E-state index in [0.717, 1.165) is 28.1 Å². The predicted octanol–water partition coefficient (Wildman–Crippen LogP) is 0.492. The van der Waals surface area contributed by atoms with E-state index in [4.69, 9.17) is 9.90 Å². The Labute approximate surface area is 190 Å². The van der Waals surface area contributed by atoms with E-state index in [9.17, 15) is 0 Å². The minimum Gasteiger partial charge on any atom is -1.00 e. The highest BCUT2D eigenvalue weighted by atomic mass is 35.5. The van der Waals surface area contributed by atoms with Crippen molar-refractivity contribution in [2.24, 2.45) is 0 Å². The lowest BCUT2D eigenvalue weighted by atomic mass is 10.2. The largest absolute Gasteiger partial charge is 1.00 e. The second-order valence-electron chi connectivity index (χ2n) is 8.31. The Hall–Kier alpha value is -2.14. The summed E-state index contributed by atoms with van der Waals surface area (Å²) in [6.45, 7) is 11.9. The highest BCUT2D eigenvalue weighted by molar-refractivity contribution is 5.76. The number of benzene rings is 2. The highest BCUT2D eigenvalue weighted by Crippen LogP contribution is 2.08. The fraction of sp³-hybridized carbons (Fsp3) is 0.400. The average Bonchev–Trinajstić information content (AvgIpc) is 2.70. The van der Waals surface area contributed by atoms with Crippen LogP contribution >= 0.6 is 0 Å². The summed E-state index contributed by atoms with van der Waals surface area (Å²) in [6, 6.07) is 21.3. The summed E-state index contributed by atoms with van der Waals surface area (Å²) in [6.07, 6.45) is 0.722. The van der Waals surface area contributed by atoms with Gasteiger partial charge in [0.15, 0.2) is 0 Å². The highest BCUT2D eigenvalue weighted by Gasteiger charge is 2.12. The Bertz CT molecular complexity index is 648. The molecule has 0 aliphatic carbocycles. The molecule has 168 valence electrons. The number of nitrogens with zero attached hydrogens (tertiary/aromatic N) is 2. The van der Waals surface area contributed by atoms with Crippen molar-refractivity contribution >= 4 is 5.97 Å². The summed E-state index contributed by atoms with van der Waals surface area (Å²) in [5.41, 5.74) is 2.84. The number of carbonyl (C=O) groups excluding carboxylic acids is 1. The molecule has 0 amide bonds. The van der Waals surface area contributed by atoms with Crippen LogP contribution in [0.4, 0.5) is 0 Å². The van der Waals surface area contributed by atoms with Crippen LogP contribution in [0.2, 0.25) is 0 Å². The number of aliphatic carboxylic acids is 1. The number of halogens is 1. The zero-order valence-corrected chi connectivity index (χ0v) is 20.2. The maximum atomic E-state index is 9.14. The minimum absolute atomic E-state index is 0.